The first-order valence-electron chi connectivity index (χ1n) is 4.71. The van der Waals surface area contributed by atoms with Crippen molar-refractivity contribution in [1.29, 1.82) is 0 Å². The van der Waals surface area contributed by atoms with Crippen LogP contribution in [-0.2, 0) is 0 Å². The van der Waals surface area contributed by atoms with Gasteiger partial charge in [0, 0.05) is 10.5 Å². The average molecular weight is 242 g/mol. The number of thioether (sulfide) groups is 1. The van der Waals surface area contributed by atoms with Gasteiger partial charge >= 0.3 is 0 Å². The monoisotopic (exact) mass is 242 g/mol. The van der Waals surface area contributed by atoms with Gasteiger partial charge in [0.15, 0.2) is 5.78 Å². The van der Waals surface area contributed by atoms with Gasteiger partial charge in [-0.2, -0.15) is 0 Å². The summed E-state index contributed by atoms with van der Waals surface area (Å²) in [5.41, 5.74) is 0.316. The van der Waals surface area contributed by atoms with Crippen LogP contribution in [0.15, 0.2) is 40.8 Å². The number of rotatable bonds is 5. The first kappa shape index (κ1) is 12.9. The molecule has 86 valence electrons. The minimum Gasteiger partial charge on any atom is -0.289 e. The Kier molecular flexibility index (Phi) is 5.19. The van der Waals surface area contributed by atoms with Crippen LogP contribution in [0, 0.1) is 0 Å². The number of halogens is 2. The molecule has 0 bridgehead atoms. The van der Waals surface area contributed by atoms with Gasteiger partial charge in [-0.05, 0) is 42.2 Å². The molecule has 1 aromatic rings. The number of carbonyl (C=O) groups is 1. The molecule has 0 aliphatic carbocycles. The lowest BCUT2D eigenvalue weighted by atomic mass is 10.1. The van der Waals surface area contributed by atoms with Crippen LogP contribution in [0.5, 0.6) is 0 Å². The van der Waals surface area contributed by atoms with Crippen LogP contribution in [0.2, 0.25) is 0 Å². The number of alkyl halides is 2. The third-order valence-corrected chi connectivity index (χ3v) is 2.80. The first-order chi connectivity index (χ1) is 7.71. The molecule has 0 saturated heterocycles. The molecule has 0 aliphatic rings. The van der Waals surface area contributed by atoms with E-state index in [0.717, 1.165) is 11.0 Å². The fraction of sp³-hybridized carbons (Fsp3) is 0.250. The summed E-state index contributed by atoms with van der Waals surface area (Å²) in [5, 5.41) is 0. The van der Waals surface area contributed by atoms with Gasteiger partial charge < -0.3 is 0 Å². The van der Waals surface area contributed by atoms with Crippen molar-refractivity contribution < 1.29 is 13.6 Å². The molecule has 0 aromatic heterocycles. The van der Waals surface area contributed by atoms with Crippen molar-refractivity contribution in [1.82, 2.24) is 0 Å². The summed E-state index contributed by atoms with van der Waals surface area (Å²) in [5.74, 6) is -0.363. The first-order valence-corrected chi connectivity index (χ1v) is 5.93. The van der Waals surface area contributed by atoms with Crippen LogP contribution in [0.25, 0.3) is 0 Å². The Hall–Kier alpha value is -1.16. The second-order valence-corrected chi connectivity index (χ2v) is 4.04. The van der Waals surface area contributed by atoms with E-state index in [1.54, 1.807) is 36.0 Å². The van der Waals surface area contributed by atoms with Crippen molar-refractivity contribution in [3.8, 4) is 0 Å². The molecule has 1 nitrogen and oxygen atoms in total. The van der Waals surface area contributed by atoms with E-state index >= 15 is 0 Å². The van der Waals surface area contributed by atoms with E-state index in [4.69, 9.17) is 0 Å². The van der Waals surface area contributed by atoms with E-state index in [1.807, 2.05) is 6.26 Å². The second-order valence-electron chi connectivity index (χ2n) is 3.16. The molecular formula is C12H12F2OS. The zero-order valence-electron chi connectivity index (χ0n) is 8.87. The van der Waals surface area contributed by atoms with Crippen LogP contribution < -0.4 is 0 Å². The van der Waals surface area contributed by atoms with Gasteiger partial charge in [0.05, 0.1) is 0 Å². The molecule has 1 rings (SSSR count). The number of carbonyl (C=O) groups excluding carboxylic acids is 1. The predicted octanol–water partition coefficient (Wildman–Crippen LogP) is 3.46. The Morgan fingerprint density at radius 2 is 1.81 bits per heavy atom. The van der Waals surface area contributed by atoms with Gasteiger partial charge in [-0.1, -0.05) is 0 Å². The molecule has 0 radical (unpaired) electrons. The summed E-state index contributed by atoms with van der Waals surface area (Å²) in [4.78, 5) is 12.6. The molecule has 0 amide bonds. The highest BCUT2D eigenvalue weighted by atomic mass is 32.2. The molecule has 0 fully saturated rings. The Labute approximate surface area is 97.5 Å². The normalized spacial score (nSPS) is 9.94. The van der Waals surface area contributed by atoms with Crippen molar-refractivity contribution in [2.24, 2.45) is 0 Å². The number of benzene rings is 1. The van der Waals surface area contributed by atoms with E-state index in [0.29, 0.717) is 5.56 Å². The van der Waals surface area contributed by atoms with E-state index in [2.05, 4.69) is 0 Å². The van der Waals surface area contributed by atoms with Crippen molar-refractivity contribution in [3.63, 3.8) is 0 Å². The number of hydrogen-bond donors (Lipinski definition) is 0. The summed E-state index contributed by atoms with van der Waals surface area (Å²) in [6, 6.07) is 6.91. The van der Waals surface area contributed by atoms with Crippen LogP contribution in [-0.4, -0.2) is 25.4 Å². The Morgan fingerprint density at radius 3 is 2.25 bits per heavy atom. The maximum absolute atomic E-state index is 12.2. The highest BCUT2D eigenvalue weighted by Gasteiger charge is 2.05. The maximum atomic E-state index is 12.2. The summed E-state index contributed by atoms with van der Waals surface area (Å²) in [7, 11) is 0. The van der Waals surface area contributed by atoms with Crippen LogP contribution in [0.3, 0.4) is 0 Å². The van der Waals surface area contributed by atoms with Crippen molar-refractivity contribution in [2.45, 2.75) is 4.90 Å². The predicted molar refractivity (Wildman–Crippen MR) is 62.6 cm³/mol. The number of ketones is 1. The summed E-state index contributed by atoms with van der Waals surface area (Å²) in [6.07, 6.45) is 2.95. The van der Waals surface area contributed by atoms with E-state index < -0.39 is 13.3 Å². The summed E-state index contributed by atoms with van der Waals surface area (Å²) >= 11 is 1.57. The molecule has 0 heterocycles. The largest absolute Gasteiger partial charge is 0.289 e. The third-order valence-electron chi connectivity index (χ3n) is 2.05. The second kappa shape index (κ2) is 6.43. The number of allylic oxidation sites excluding steroid dienone is 2. The topological polar surface area (TPSA) is 17.1 Å². The van der Waals surface area contributed by atoms with Gasteiger partial charge in [-0.15, -0.1) is 11.8 Å². The van der Waals surface area contributed by atoms with Crippen LogP contribution in [0.4, 0.5) is 8.78 Å². The molecule has 0 atom stereocenters. The van der Waals surface area contributed by atoms with Gasteiger partial charge in [0.2, 0.25) is 0 Å². The Morgan fingerprint density at radius 1 is 1.25 bits per heavy atom. The molecule has 16 heavy (non-hydrogen) atoms. The lowest BCUT2D eigenvalue weighted by molar-refractivity contribution is 0.104. The van der Waals surface area contributed by atoms with Crippen molar-refractivity contribution in [3.05, 3.63) is 41.5 Å². The maximum Gasteiger partial charge on any atom is 0.185 e. The highest BCUT2D eigenvalue weighted by Crippen LogP contribution is 2.15. The number of hydrogen-bond acceptors (Lipinski definition) is 2. The van der Waals surface area contributed by atoms with Crippen molar-refractivity contribution in [2.75, 3.05) is 19.6 Å². The molecule has 0 spiro atoms. The van der Waals surface area contributed by atoms with Gasteiger partial charge in [0.25, 0.3) is 0 Å². The SMILES string of the molecule is CSc1ccc(C(=O)C=C(CF)CF)cc1. The summed E-state index contributed by atoms with van der Waals surface area (Å²) < 4.78 is 24.4. The third kappa shape index (κ3) is 3.45. The van der Waals surface area contributed by atoms with Crippen molar-refractivity contribution >= 4 is 17.5 Å². The molecule has 4 heteroatoms. The fourth-order valence-corrected chi connectivity index (χ4v) is 1.55. The Balaban J connectivity index is 2.84. The minimum absolute atomic E-state index is 0.126. The molecule has 0 N–H and O–H groups in total. The van der Waals surface area contributed by atoms with Gasteiger partial charge in [-0.25, -0.2) is 8.78 Å². The van der Waals surface area contributed by atoms with Crippen LogP contribution in [0.1, 0.15) is 10.4 Å². The standard InChI is InChI=1S/C12H12F2OS/c1-16-11-4-2-10(3-5-11)12(15)6-9(7-13)8-14/h2-6H,7-8H2,1H3. The highest BCUT2D eigenvalue weighted by molar-refractivity contribution is 7.98. The Bertz CT molecular complexity index is 379. The minimum atomic E-state index is -0.925. The molecular weight excluding hydrogens is 230 g/mol. The smallest absolute Gasteiger partial charge is 0.185 e. The lowest BCUT2D eigenvalue weighted by Crippen LogP contribution is -1.99. The zero-order valence-corrected chi connectivity index (χ0v) is 9.69. The molecule has 1 aromatic carbocycles. The quantitative estimate of drug-likeness (QED) is 0.447. The molecule has 0 aliphatic heterocycles. The lowest BCUT2D eigenvalue weighted by Gasteiger charge is -2.00. The van der Waals surface area contributed by atoms with Gasteiger partial charge in [0.1, 0.15) is 13.3 Å². The summed E-state index contributed by atoms with van der Waals surface area (Å²) in [6.45, 7) is -1.85. The zero-order chi connectivity index (χ0) is 12.0. The van der Waals surface area contributed by atoms with E-state index in [1.165, 1.54) is 0 Å². The molecule has 0 unspecified atom stereocenters. The average Bonchev–Trinajstić information content (AvgIpc) is 2.35. The van der Waals surface area contributed by atoms with E-state index in [9.17, 15) is 13.6 Å². The van der Waals surface area contributed by atoms with Crippen LogP contribution >= 0.6 is 11.8 Å². The fourth-order valence-electron chi connectivity index (χ4n) is 1.14. The van der Waals surface area contributed by atoms with E-state index in [-0.39, 0.29) is 11.4 Å². The van der Waals surface area contributed by atoms with Gasteiger partial charge in [-0.3, -0.25) is 4.79 Å². The molecule has 0 saturated carbocycles.